The monoisotopic (exact) mass is 191 g/mol. The van der Waals surface area contributed by atoms with E-state index in [0.717, 1.165) is 19.3 Å². The van der Waals surface area contributed by atoms with Gasteiger partial charge in [0.15, 0.2) is 0 Å². The molecule has 1 rings (SSSR count). The van der Waals surface area contributed by atoms with Gasteiger partial charge in [-0.15, -0.1) is 0 Å². The third-order valence-electron chi connectivity index (χ3n) is 2.54. The van der Waals surface area contributed by atoms with E-state index in [1.807, 2.05) is 0 Å². The standard InChI is InChI=1S/C8H17NO2S/c1-8(2)4-3-7(5-8)6-12(9,10)11/h7H,3-6H2,1-2H3,(H2,9,10,11). The van der Waals surface area contributed by atoms with Gasteiger partial charge in [-0.25, -0.2) is 13.6 Å². The van der Waals surface area contributed by atoms with E-state index in [9.17, 15) is 8.42 Å². The van der Waals surface area contributed by atoms with Crippen molar-refractivity contribution in [1.82, 2.24) is 0 Å². The van der Waals surface area contributed by atoms with Crippen LogP contribution in [0.5, 0.6) is 0 Å². The summed E-state index contributed by atoms with van der Waals surface area (Å²) < 4.78 is 21.6. The highest BCUT2D eigenvalue weighted by atomic mass is 32.2. The van der Waals surface area contributed by atoms with Gasteiger partial charge in [-0.3, -0.25) is 0 Å². The number of rotatable bonds is 2. The van der Waals surface area contributed by atoms with Crippen molar-refractivity contribution < 1.29 is 8.42 Å². The zero-order valence-corrected chi connectivity index (χ0v) is 8.52. The molecular weight excluding hydrogens is 174 g/mol. The van der Waals surface area contributed by atoms with Gasteiger partial charge in [0.05, 0.1) is 5.75 Å². The minimum absolute atomic E-state index is 0.163. The summed E-state index contributed by atoms with van der Waals surface area (Å²) in [5.41, 5.74) is 0.315. The van der Waals surface area contributed by atoms with Gasteiger partial charge < -0.3 is 0 Å². The largest absolute Gasteiger partial charge is 0.229 e. The lowest BCUT2D eigenvalue weighted by molar-refractivity contribution is 0.367. The molecule has 72 valence electrons. The molecule has 0 bridgehead atoms. The van der Waals surface area contributed by atoms with Crippen LogP contribution in [0.15, 0.2) is 0 Å². The molecule has 1 aliphatic rings. The van der Waals surface area contributed by atoms with Gasteiger partial charge in [-0.1, -0.05) is 13.8 Å². The van der Waals surface area contributed by atoms with Gasteiger partial charge in [-0.05, 0) is 30.6 Å². The maximum atomic E-state index is 10.8. The van der Waals surface area contributed by atoms with Crippen molar-refractivity contribution in [2.75, 3.05) is 5.75 Å². The highest BCUT2D eigenvalue weighted by molar-refractivity contribution is 7.89. The Hall–Kier alpha value is -0.0900. The van der Waals surface area contributed by atoms with Crippen LogP contribution in [0.3, 0.4) is 0 Å². The second kappa shape index (κ2) is 3.00. The Labute approximate surface area is 74.4 Å². The molecule has 1 aliphatic carbocycles. The molecule has 1 saturated carbocycles. The summed E-state index contributed by atoms with van der Waals surface area (Å²) in [7, 11) is -3.26. The van der Waals surface area contributed by atoms with E-state index in [4.69, 9.17) is 5.14 Å². The Morgan fingerprint density at radius 2 is 2.08 bits per heavy atom. The summed E-state index contributed by atoms with van der Waals surface area (Å²) in [6, 6.07) is 0. The third-order valence-corrected chi connectivity index (χ3v) is 3.47. The van der Waals surface area contributed by atoms with E-state index in [1.165, 1.54) is 0 Å². The van der Waals surface area contributed by atoms with Gasteiger partial charge in [0, 0.05) is 0 Å². The zero-order chi connectivity index (χ0) is 9.41. The fourth-order valence-electron chi connectivity index (χ4n) is 2.05. The van der Waals surface area contributed by atoms with Crippen LogP contribution in [0, 0.1) is 11.3 Å². The lowest BCUT2D eigenvalue weighted by Gasteiger charge is -2.16. The Kier molecular flexibility index (Phi) is 2.50. The summed E-state index contributed by atoms with van der Waals surface area (Å²) in [6.45, 7) is 4.35. The van der Waals surface area contributed by atoms with Crippen LogP contribution in [0.2, 0.25) is 0 Å². The highest BCUT2D eigenvalue weighted by Gasteiger charge is 2.32. The molecule has 0 saturated heterocycles. The summed E-state index contributed by atoms with van der Waals surface area (Å²) in [5, 5.41) is 4.98. The van der Waals surface area contributed by atoms with Crippen LogP contribution in [0.25, 0.3) is 0 Å². The zero-order valence-electron chi connectivity index (χ0n) is 7.71. The average molecular weight is 191 g/mol. The molecule has 1 fully saturated rings. The molecule has 4 heteroatoms. The number of hydrogen-bond donors (Lipinski definition) is 1. The van der Waals surface area contributed by atoms with Crippen molar-refractivity contribution in [2.24, 2.45) is 16.5 Å². The van der Waals surface area contributed by atoms with Gasteiger partial charge in [-0.2, -0.15) is 0 Å². The summed E-state index contributed by atoms with van der Waals surface area (Å²) in [6.07, 6.45) is 3.11. The predicted octanol–water partition coefficient (Wildman–Crippen LogP) is 1.10. The molecule has 0 aliphatic heterocycles. The fraction of sp³-hybridized carbons (Fsp3) is 1.00. The molecule has 12 heavy (non-hydrogen) atoms. The molecule has 3 nitrogen and oxygen atoms in total. The van der Waals surface area contributed by atoms with Gasteiger partial charge in [0.25, 0.3) is 0 Å². The Balaban J connectivity index is 2.49. The van der Waals surface area contributed by atoms with Crippen molar-refractivity contribution in [3.8, 4) is 0 Å². The van der Waals surface area contributed by atoms with Crippen molar-refractivity contribution in [3.05, 3.63) is 0 Å². The van der Waals surface area contributed by atoms with Gasteiger partial charge in [0.1, 0.15) is 0 Å². The SMILES string of the molecule is CC1(C)CCC(CS(N)(=O)=O)C1. The number of primary sulfonamides is 1. The van der Waals surface area contributed by atoms with E-state index in [0.29, 0.717) is 5.41 Å². The topological polar surface area (TPSA) is 60.2 Å². The number of sulfonamides is 1. The molecule has 0 heterocycles. The number of hydrogen-bond acceptors (Lipinski definition) is 2. The molecule has 0 aromatic carbocycles. The van der Waals surface area contributed by atoms with E-state index < -0.39 is 10.0 Å². The molecule has 0 aromatic heterocycles. The molecule has 1 unspecified atom stereocenters. The smallest absolute Gasteiger partial charge is 0.209 e. The van der Waals surface area contributed by atoms with Gasteiger partial charge in [0.2, 0.25) is 10.0 Å². The van der Waals surface area contributed by atoms with Crippen molar-refractivity contribution in [3.63, 3.8) is 0 Å². The predicted molar refractivity (Wildman–Crippen MR) is 49.1 cm³/mol. The first kappa shape index (κ1) is 9.99. The molecule has 0 spiro atoms. The summed E-state index contributed by atoms with van der Waals surface area (Å²) in [5.74, 6) is 0.450. The Morgan fingerprint density at radius 3 is 2.42 bits per heavy atom. The first-order valence-corrected chi connectivity index (χ1v) is 6.00. The van der Waals surface area contributed by atoms with Crippen LogP contribution in [0.1, 0.15) is 33.1 Å². The molecule has 1 atom stereocenters. The molecule has 2 N–H and O–H groups in total. The van der Waals surface area contributed by atoms with E-state index in [2.05, 4.69) is 13.8 Å². The fourth-order valence-corrected chi connectivity index (χ4v) is 2.99. The maximum absolute atomic E-state index is 10.8. The van der Waals surface area contributed by atoms with Crippen molar-refractivity contribution >= 4 is 10.0 Å². The first-order valence-electron chi connectivity index (χ1n) is 4.29. The van der Waals surface area contributed by atoms with Crippen molar-refractivity contribution in [1.29, 1.82) is 0 Å². The lowest BCUT2D eigenvalue weighted by atomic mass is 9.91. The van der Waals surface area contributed by atoms with Crippen LogP contribution in [-0.4, -0.2) is 14.2 Å². The van der Waals surface area contributed by atoms with E-state index in [1.54, 1.807) is 0 Å². The lowest BCUT2D eigenvalue weighted by Crippen LogP contribution is -2.22. The van der Waals surface area contributed by atoms with Crippen LogP contribution >= 0.6 is 0 Å². The number of nitrogens with two attached hydrogens (primary N) is 1. The van der Waals surface area contributed by atoms with Crippen LogP contribution in [-0.2, 0) is 10.0 Å². The molecule has 0 amide bonds. The van der Waals surface area contributed by atoms with Crippen molar-refractivity contribution in [2.45, 2.75) is 33.1 Å². The molecule has 0 radical (unpaired) electrons. The first-order chi connectivity index (χ1) is 5.29. The van der Waals surface area contributed by atoms with Crippen LogP contribution < -0.4 is 5.14 Å². The average Bonchev–Trinajstić information content (AvgIpc) is 2.05. The maximum Gasteiger partial charge on any atom is 0.209 e. The minimum atomic E-state index is -3.26. The molecule has 0 aromatic rings. The second-order valence-corrected chi connectivity index (χ2v) is 6.26. The summed E-state index contributed by atoms with van der Waals surface area (Å²) in [4.78, 5) is 0. The molecular formula is C8H17NO2S. The Morgan fingerprint density at radius 1 is 1.50 bits per heavy atom. The summed E-state index contributed by atoms with van der Waals surface area (Å²) >= 11 is 0. The minimum Gasteiger partial charge on any atom is -0.229 e. The van der Waals surface area contributed by atoms with E-state index >= 15 is 0 Å². The van der Waals surface area contributed by atoms with E-state index in [-0.39, 0.29) is 11.7 Å². The normalized spacial score (nSPS) is 29.1. The van der Waals surface area contributed by atoms with Crippen LogP contribution in [0.4, 0.5) is 0 Å². The Bertz CT molecular complexity index is 256. The second-order valence-electron chi connectivity index (χ2n) is 4.60. The third kappa shape index (κ3) is 3.11. The quantitative estimate of drug-likeness (QED) is 0.710. The highest BCUT2D eigenvalue weighted by Crippen LogP contribution is 2.41. The van der Waals surface area contributed by atoms with Gasteiger partial charge >= 0.3 is 0 Å².